The highest BCUT2D eigenvalue weighted by molar-refractivity contribution is 7.22. The van der Waals surface area contributed by atoms with E-state index < -0.39 is 0 Å². The summed E-state index contributed by atoms with van der Waals surface area (Å²) < 4.78 is 1.08. The molecule has 21 heavy (non-hydrogen) atoms. The number of nitrogens with one attached hydrogen (secondary N) is 2. The van der Waals surface area contributed by atoms with Gasteiger partial charge in [-0.25, -0.2) is 4.98 Å². The molecule has 3 rings (SSSR count). The molecule has 1 heterocycles. The summed E-state index contributed by atoms with van der Waals surface area (Å²) in [6.45, 7) is 0. The summed E-state index contributed by atoms with van der Waals surface area (Å²) in [7, 11) is 0. The third-order valence-corrected chi connectivity index (χ3v) is 3.77. The monoisotopic (exact) mass is 295 g/mol. The van der Waals surface area contributed by atoms with Gasteiger partial charge in [0.1, 0.15) is 0 Å². The first-order chi connectivity index (χ1) is 10.3. The second-order valence-electron chi connectivity index (χ2n) is 4.35. The number of carbonyl (C=O) groups excluding carboxylic acids is 1. The summed E-state index contributed by atoms with van der Waals surface area (Å²) in [4.78, 5) is 16.1. The van der Waals surface area contributed by atoms with Crippen LogP contribution in [0.25, 0.3) is 16.3 Å². The van der Waals surface area contributed by atoms with Crippen LogP contribution in [0.4, 0.5) is 5.13 Å². The maximum absolute atomic E-state index is 11.7. The largest absolute Gasteiger partial charge is 0.273 e. The minimum atomic E-state index is -0.224. The SMILES string of the molecule is O=C(/C=C/c1ccccc1)NNc1nc2ccccc2s1. The van der Waals surface area contributed by atoms with E-state index >= 15 is 0 Å². The lowest BCUT2D eigenvalue weighted by Gasteiger charge is -2.01. The van der Waals surface area contributed by atoms with Gasteiger partial charge < -0.3 is 0 Å². The lowest BCUT2D eigenvalue weighted by atomic mass is 10.2. The van der Waals surface area contributed by atoms with Gasteiger partial charge in [0, 0.05) is 6.08 Å². The summed E-state index contributed by atoms with van der Waals surface area (Å²) in [6.07, 6.45) is 3.24. The molecular weight excluding hydrogens is 282 g/mol. The average Bonchev–Trinajstić information content (AvgIpc) is 2.95. The van der Waals surface area contributed by atoms with Crippen molar-refractivity contribution in [3.63, 3.8) is 0 Å². The average molecular weight is 295 g/mol. The van der Waals surface area contributed by atoms with Crippen LogP contribution in [-0.2, 0) is 4.79 Å². The highest BCUT2D eigenvalue weighted by atomic mass is 32.1. The Bertz CT molecular complexity index is 747. The Hall–Kier alpha value is -2.66. The topological polar surface area (TPSA) is 54.0 Å². The third kappa shape index (κ3) is 3.46. The van der Waals surface area contributed by atoms with E-state index in [2.05, 4.69) is 15.8 Å². The van der Waals surface area contributed by atoms with Gasteiger partial charge in [-0.1, -0.05) is 53.8 Å². The first kappa shape index (κ1) is 13.3. The molecule has 0 saturated heterocycles. The summed E-state index contributed by atoms with van der Waals surface area (Å²) in [6, 6.07) is 17.5. The van der Waals surface area contributed by atoms with Crippen LogP contribution < -0.4 is 10.9 Å². The summed E-state index contributed by atoms with van der Waals surface area (Å²) in [5, 5.41) is 0.665. The third-order valence-electron chi connectivity index (χ3n) is 2.81. The lowest BCUT2D eigenvalue weighted by molar-refractivity contribution is -0.115. The zero-order valence-corrected chi connectivity index (χ0v) is 11.9. The number of hydrogen-bond donors (Lipinski definition) is 2. The minimum Gasteiger partial charge on any atom is -0.273 e. The molecule has 0 aliphatic rings. The zero-order valence-electron chi connectivity index (χ0n) is 11.1. The molecule has 0 atom stereocenters. The van der Waals surface area contributed by atoms with Crippen LogP contribution in [0.1, 0.15) is 5.56 Å². The Morgan fingerprint density at radius 2 is 1.81 bits per heavy atom. The fourth-order valence-electron chi connectivity index (χ4n) is 1.82. The summed E-state index contributed by atoms with van der Waals surface area (Å²) in [5.74, 6) is -0.224. The van der Waals surface area contributed by atoms with Crippen molar-refractivity contribution in [2.75, 3.05) is 5.43 Å². The van der Waals surface area contributed by atoms with E-state index in [1.807, 2.05) is 54.6 Å². The number of rotatable bonds is 4. The van der Waals surface area contributed by atoms with Gasteiger partial charge >= 0.3 is 0 Å². The number of para-hydroxylation sites is 1. The smallest absolute Gasteiger partial charge is 0.262 e. The first-order valence-electron chi connectivity index (χ1n) is 6.46. The Balaban J connectivity index is 1.59. The van der Waals surface area contributed by atoms with Crippen molar-refractivity contribution in [1.29, 1.82) is 0 Å². The van der Waals surface area contributed by atoms with Crippen molar-refractivity contribution in [1.82, 2.24) is 10.4 Å². The van der Waals surface area contributed by atoms with Gasteiger partial charge in [0.2, 0.25) is 5.13 Å². The molecule has 2 N–H and O–H groups in total. The van der Waals surface area contributed by atoms with Crippen LogP contribution >= 0.6 is 11.3 Å². The lowest BCUT2D eigenvalue weighted by Crippen LogP contribution is -2.27. The summed E-state index contributed by atoms with van der Waals surface area (Å²) in [5.41, 5.74) is 7.32. The van der Waals surface area contributed by atoms with Crippen LogP contribution in [0, 0.1) is 0 Å². The Kier molecular flexibility index (Phi) is 3.93. The number of hydrogen-bond acceptors (Lipinski definition) is 4. The number of aromatic nitrogens is 1. The predicted octanol–water partition coefficient (Wildman–Crippen LogP) is 3.45. The maximum atomic E-state index is 11.7. The Morgan fingerprint density at radius 1 is 1.05 bits per heavy atom. The van der Waals surface area contributed by atoms with Crippen molar-refractivity contribution >= 4 is 38.7 Å². The maximum Gasteiger partial charge on any atom is 0.262 e. The van der Waals surface area contributed by atoms with Gasteiger partial charge in [0.05, 0.1) is 10.2 Å². The molecule has 0 saturated carbocycles. The normalized spacial score (nSPS) is 10.9. The molecule has 0 aliphatic carbocycles. The van der Waals surface area contributed by atoms with E-state index in [4.69, 9.17) is 0 Å². The van der Waals surface area contributed by atoms with Gasteiger partial charge in [0.15, 0.2) is 0 Å². The van der Waals surface area contributed by atoms with E-state index in [0.29, 0.717) is 5.13 Å². The molecule has 0 bridgehead atoms. The second-order valence-corrected chi connectivity index (χ2v) is 5.38. The van der Waals surface area contributed by atoms with Gasteiger partial charge in [0.25, 0.3) is 5.91 Å². The number of fused-ring (bicyclic) bond motifs is 1. The number of carbonyl (C=O) groups is 1. The van der Waals surface area contributed by atoms with Crippen LogP contribution in [0.3, 0.4) is 0 Å². The molecule has 0 aliphatic heterocycles. The molecule has 1 aromatic heterocycles. The molecule has 4 nitrogen and oxygen atoms in total. The molecule has 0 spiro atoms. The number of nitrogens with zero attached hydrogens (tertiary/aromatic N) is 1. The molecule has 2 aromatic carbocycles. The van der Waals surface area contributed by atoms with Crippen LogP contribution in [0.15, 0.2) is 60.7 Å². The van der Waals surface area contributed by atoms with Crippen molar-refractivity contribution < 1.29 is 4.79 Å². The van der Waals surface area contributed by atoms with Gasteiger partial charge in [-0.15, -0.1) is 0 Å². The molecule has 0 radical (unpaired) electrons. The zero-order chi connectivity index (χ0) is 14.5. The number of hydrazine groups is 1. The standard InChI is InChI=1S/C16H13N3OS/c20-15(11-10-12-6-2-1-3-7-12)18-19-16-17-13-8-4-5-9-14(13)21-16/h1-11H,(H,17,19)(H,18,20)/b11-10+. The number of amides is 1. The van der Waals surface area contributed by atoms with Crippen molar-refractivity contribution in [2.24, 2.45) is 0 Å². The van der Waals surface area contributed by atoms with Crippen molar-refractivity contribution in [3.8, 4) is 0 Å². The van der Waals surface area contributed by atoms with Crippen LogP contribution in [0.5, 0.6) is 0 Å². The van der Waals surface area contributed by atoms with Crippen molar-refractivity contribution in [3.05, 3.63) is 66.2 Å². The van der Waals surface area contributed by atoms with E-state index in [1.165, 1.54) is 17.4 Å². The van der Waals surface area contributed by atoms with Crippen LogP contribution in [-0.4, -0.2) is 10.9 Å². The van der Waals surface area contributed by atoms with E-state index in [0.717, 1.165) is 15.8 Å². The predicted molar refractivity (Wildman–Crippen MR) is 86.9 cm³/mol. The molecule has 3 aromatic rings. The highest BCUT2D eigenvalue weighted by Gasteiger charge is 2.02. The number of anilines is 1. The second kappa shape index (κ2) is 6.19. The minimum absolute atomic E-state index is 0.224. The molecule has 5 heteroatoms. The van der Waals surface area contributed by atoms with E-state index in [9.17, 15) is 4.79 Å². The van der Waals surface area contributed by atoms with Gasteiger partial charge in [-0.2, -0.15) is 0 Å². The highest BCUT2D eigenvalue weighted by Crippen LogP contribution is 2.24. The molecule has 1 amide bonds. The fourth-order valence-corrected chi connectivity index (χ4v) is 2.64. The van der Waals surface area contributed by atoms with Gasteiger partial charge in [-0.05, 0) is 23.8 Å². The molecule has 0 unspecified atom stereocenters. The number of thiazole rings is 1. The fraction of sp³-hybridized carbons (Fsp3) is 0. The Labute approximate surface area is 126 Å². The molecular formula is C16H13N3OS. The van der Waals surface area contributed by atoms with E-state index in [-0.39, 0.29) is 5.91 Å². The van der Waals surface area contributed by atoms with Crippen molar-refractivity contribution in [2.45, 2.75) is 0 Å². The number of benzene rings is 2. The Morgan fingerprint density at radius 3 is 2.62 bits per heavy atom. The molecule has 104 valence electrons. The summed E-state index contributed by atoms with van der Waals surface area (Å²) >= 11 is 1.49. The van der Waals surface area contributed by atoms with Gasteiger partial charge in [-0.3, -0.25) is 15.6 Å². The van der Waals surface area contributed by atoms with Crippen LogP contribution in [0.2, 0.25) is 0 Å². The molecule has 0 fully saturated rings. The first-order valence-corrected chi connectivity index (χ1v) is 7.27. The van der Waals surface area contributed by atoms with E-state index in [1.54, 1.807) is 6.08 Å². The quantitative estimate of drug-likeness (QED) is 0.572.